The topological polar surface area (TPSA) is 132 Å². The van der Waals surface area contributed by atoms with Crippen molar-refractivity contribution in [2.45, 2.75) is 174 Å². The summed E-state index contributed by atoms with van der Waals surface area (Å²) in [5.41, 5.74) is 0. The predicted octanol–water partition coefficient (Wildman–Crippen LogP) is 8.74. The maximum atomic E-state index is 12.3. The molecule has 0 aromatic rings. The van der Waals surface area contributed by atoms with Crippen LogP contribution in [-0.4, -0.2) is 53.3 Å². The van der Waals surface area contributed by atoms with Crippen LogP contribution in [0.15, 0.2) is 12.2 Å². The van der Waals surface area contributed by atoms with Gasteiger partial charge in [0.2, 0.25) is 0 Å². The third-order valence-corrected chi connectivity index (χ3v) is 8.73. The number of phosphoric acid groups is 1. The van der Waals surface area contributed by atoms with E-state index in [0.717, 1.165) is 70.1 Å². The summed E-state index contributed by atoms with van der Waals surface area (Å²) in [7, 11) is -4.75. The van der Waals surface area contributed by atoms with E-state index in [9.17, 15) is 14.2 Å². The van der Waals surface area contributed by atoms with Gasteiger partial charge in [-0.2, -0.15) is 0 Å². The summed E-state index contributed by atoms with van der Waals surface area (Å²) in [4.78, 5) is 42.6. The molecule has 0 radical (unpaired) electrons. The Kier molecular flexibility index (Phi) is 24.0. The van der Waals surface area contributed by atoms with E-state index in [0.29, 0.717) is 18.6 Å². The van der Waals surface area contributed by atoms with Gasteiger partial charge in [-0.3, -0.25) is 14.1 Å². The van der Waals surface area contributed by atoms with Gasteiger partial charge in [0.15, 0.2) is 6.10 Å². The molecule has 3 unspecified atom stereocenters. The number of epoxide rings is 1. The highest BCUT2D eigenvalue weighted by Gasteiger charge is 2.36. The minimum Gasteiger partial charge on any atom is -0.462 e. The van der Waals surface area contributed by atoms with Crippen molar-refractivity contribution >= 4 is 19.8 Å². The third kappa shape index (κ3) is 25.0. The van der Waals surface area contributed by atoms with Crippen LogP contribution in [0.3, 0.4) is 0 Å². The van der Waals surface area contributed by atoms with Crippen molar-refractivity contribution in [1.29, 1.82) is 0 Å². The first kappa shape index (κ1) is 40.8. The number of allylic oxidation sites excluding steroid dienone is 1. The van der Waals surface area contributed by atoms with E-state index in [1.807, 2.05) is 0 Å². The summed E-state index contributed by atoms with van der Waals surface area (Å²) in [5, 5.41) is 0. The number of phosphoric ester groups is 1. The Morgan fingerprint density at radius 3 is 2.09 bits per heavy atom. The first-order chi connectivity index (χ1) is 21.1. The molecule has 9 nitrogen and oxygen atoms in total. The Morgan fingerprint density at radius 2 is 1.43 bits per heavy atom. The number of ether oxygens (including phenoxy) is 3. The molecule has 1 aliphatic rings. The van der Waals surface area contributed by atoms with Crippen molar-refractivity contribution in [3.05, 3.63) is 12.2 Å². The first-order valence-electron chi connectivity index (χ1n) is 17.5. The Hall–Kier alpha value is -1.25. The minimum atomic E-state index is -4.75. The zero-order chi connectivity index (χ0) is 32.5. The number of carbonyl (C=O) groups is 2. The Labute approximate surface area is 267 Å². The lowest BCUT2D eigenvalue weighted by Gasteiger charge is -2.18. The predicted molar refractivity (Wildman–Crippen MR) is 174 cm³/mol. The monoisotopic (exact) mass is 646 g/mol. The summed E-state index contributed by atoms with van der Waals surface area (Å²) < 4.78 is 31.9. The van der Waals surface area contributed by atoms with Crippen LogP contribution >= 0.6 is 7.82 Å². The average Bonchev–Trinajstić information content (AvgIpc) is 3.74. The normalized spacial score (nSPS) is 17.9. The van der Waals surface area contributed by atoms with Gasteiger partial charge in [0.05, 0.1) is 18.8 Å². The average molecular weight is 647 g/mol. The molecule has 1 aliphatic heterocycles. The van der Waals surface area contributed by atoms with Gasteiger partial charge in [0.1, 0.15) is 6.61 Å². The van der Waals surface area contributed by atoms with Crippen LogP contribution in [-0.2, 0) is 32.9 Å². The van der Waals surface area contributed by atoms with Crippen molar-refractivity contribution < 1.29 is 42.7 Å². The van der Waals surface area contributed by atoms with E-state index in [-0.39, 0.29) is 19.4 Å². The maximum absolute atomic E-state index is 12.3. The van der Waals surface area contributed by atoms with E-state index in [1.54, 1.807) is 0 Å². The number of unbranched alkanes of at least 4 members (excludes halogenated alkanes) is 12. The summed E-state index contributed by atoms with van der Waals surface area (Å²) in [6.07, 6.45) is 25.5. The van der Waals surface area contributed by atoms with Crippen LogP contribution in [0.5, 0.6) is 0 Å². The lowest BCUT2D eigenvalue weighted by molar-refractivity contribution is -0.161. The Balaban J connectivity index is 2.12. The molecule has 44 heavy (non-hydrogen) atoms. The van der Waals surface area contributed by atoms with Gasteiger partial charge in [0.25, 0.3) is 0 Å². The second kappa shape index (κ2) is 25.9. The van der Waals surface area contributed by atoms with Crippen molar-refractivity contribution in [1.82, 2.24) is 0 Å². The highest BCUT2D eigenvalue weighted by Crippen LogP contribution is 2.36. The zero-order valence-corrected chi connectivity index (χ0v) is 28.8. The number of esters is 2. The van der Waals surface area contributed by atoms with Crippen LogP contribution in [0, 0.1) is 5.92 Å². The molecule has 258 valence electrons. The molecule has 2 N–H and O–H groups in total. The molecule has 0 aromatic heterocycles. The molecule has 1 saturated heterocycles. The quantitative estimate of drug-likeness (QED) is 0.0258. The van der Waals surface area contributed by atoms with Gasteiger partial charge in [-0.15, -0.1) is 0 Å². The van der Waals surface area contributed by atoms with E-state index >= 15 is 0 Å². The molecule has 0 bridgehead atoms. The molecule has 0 amide bonds. The largest absolute Gasteiger partial charge is 0.469 e. The van der Waals surface area contributed by atoms with Gasteiger partial charge in [-0.05, 0) is 44.4 Å². The van der Waals surface area contributed by atoms with Crippen molar-refractivity contribution in [2.24, 2.45) is 5.92 Å². The first-order valence-corrected chi connectivity index (χ1v) is 19.0. The summed E-state index contributed by atoms with van der Waals surface area (Å²) >= 11 is 0. The highest BCUT2D eigenvalue weighted by atomic mass is 31.2. The van der Waals surface area contributed by atoms with E-state index in [1.165, 1.54) is 51.4 Å². The smallest absolute Gasteiger partial charge is 0.462 e. The number of carbonyl (C=O) groups excluding carboxylic acids is 2. The van der Waals surface area contributed by atoms with Gasteiger partial charge in [-0.1, -0.05) is 116 Å². The molecule has 0 aromatic carbocycles. The number of hydrogen-bond acceptors (Lipinski definition) is 7. The standard InChI is InChI=1S/C34H63O9P/c1-4-6-17-23-31-32(43-31)24-19-14-9-7-8-10-16-21-26-34(36)42-30(28-41-44(37,38)39)27-40-33(35)25-20-15-12-11-13-18-22-29(3)5-2/h14,19,29-32H,4-13,15-18,20-28H2,1-3H3,(H2,37,38,39)/b19-14-/t29?,30-,31?,32?/m1/s1. The number of hydrogen-bond donors (Lipinski definition) is 2. The molecule has 0 saturated carbocycles. The Bertz CT molecular complexity index is 813. The van der Waals surface area contributed by atoms with Gasteiger partial charge < -0.3 is 24.0 Å². The molecule has 1 rings (SSSR count). The second-order valence-corrected chi connectivity index (χ2v) is 13.7. The van der Waals surface area contributed by atoms with E-state index in [2.05, 4.69) is 37.4 Å². The summed E-state index contributed by atoms with van der Waals surface area (Å²) in [6, 6.07) is 0. The molecular formula is C34H63O9P. The fraction of sp³-hybridized carbons (Fsp3) is 0.882. The van der Waals surface area contributed by atoms with Crippen LogP contribution in [0.2, 0.25) is 0 Å². The molecule has 1 heterocycles. The van der Waals surface area contributed by atoms with Gasteiger partial charge in [0, 0.05) is 12.8 Å². The zero-order valence-electron chi connectivity index (χ0n) is 27.9. The third-order valence-electron chi connectivity index (χ3n) is 8.25. The van der Waals surface area contributed by atoms with Crippen LogP contribution in [0.1, 0.15) is 156 Å². The van der Waals surface area contributed by atoms with Crippen molar-refractivity contribution in [3.8, 4) is 0 Å². The lowest BCUT2D eigenvalue weighted by Crippen LogP contribution is -2.29. The fourth-order valence-corrected chi connectivity index (χ4v) is 5.48. The SMILES string of the molecule is CCCCCC1OC1C/C=C\CCCCCCCC(=O)O[C@H](COC(=O)CCCCCCCCC(C)CC)COP(=O)(O)O. The van der Waals surface area contributed by atoms with Gasteiger partial charge >= 0.3 is 19.8 Å². The van der Waals surface area contributed by atoms with E-state index in [4.69, 9.17) is 24.0 Å². The summed E-state index contributed by atoms with van der Waals surface area (Å²) in [6.45, 7) is 5.89. The molecule has 10 heteroatoms. The highest BCUT2D eigenvalue weighted by molar-refractivity contribution is 7.46. The molecule has 1 fully saturated rings. The second-order valence-electron chi connectivity index (χ2n) is 12.5. The van der Waals surface area contributed by atoms with Crippen molar-refractivity contribution in [3.63, 3.8) is 0 Å². The van der Waals surface area contributed by atoms with Crippen LogP contribution in [0.4, 0.5) is 0 Å². The van der Waals surface area contributed by atoms with Gasteiger partial charge in [-0.25, -0.2) is 4.57 Å². The lowest BCUT2D eigenvalue weighted by atomic mass is 10.00. The van der Waals surface area contributed by atoms with Crippen LogP contribution in [0.25, 0.3) is 0 Å². The summed E-state index contributed by atoms with van der Waals surface area (Å²) in [5.74, 6) is -0.123. The van der Waals surface area contributed by atoms with E-state index < -0.39 is 32.5 Å². The minimum absolute atomic E-state index is 0.193. The Morgan fingerprint density at radius 1 is 0.795 bits per heavy atom. The molecular weight excluding hydrogens is 583 g/mol. The molecule has 4 atom stereocenters. The molecule has 0 spiro atoms. The van der Waals surface area contributed by atoms with Crippen molar-refractivity contribution in [2.75, 3.05) is 13.2 Å². The number of rotatable bonds is 30. The van der Waals surface area contributed by atoms with Crippen LogP contribution < -0.4 is 0 Å². The fourth-order valence-electron chi connectivity index (χ4n) is 5.12. The maximum Gasteiger partial charge on any atom is 0.469 e. The molecule has 0 aliphatic carbocycles.